The number of carboxylic acid groups (broad SMARTS) is 2. The lowest BCUT2D eigenvalue weighted by Gasteiger charge is -2.36. The minimum Gasteiger partial charge on any atom is -0.478 e. The first kappa shape index (κ1) is 43.4. The Morgan fingerprint density at radius 1 is 0.394 bits per heavy atom. The quantitative estimate of drug-likeness (QED) is 0.126. The van der Waals surface area contributed by atoms with E-state index in [9.17, 15) is 39.0 Å². The number of hydrogen-bond acceptors (Lipinski definition) is 8. The van der Waals surface area contributed by atoms with Gasteiger partial charge >= 0.3 is 11.9 Å². The summed E-state index contributed by atoms with van der Waals surface area (Å²) in [6, 6.07) is 37.6. The van der Waals surface area contributed by atoms with Crippen molar-refractivity contribution in [1.82, 2.24) is 0 Å². The van der Waals surface area contributed by atoms with Crippen molar-refractivity contribution in [3.63, 3.8) is 0 Å². The van der Waals surface area contributed by atoms with Gasteiger partial charge in [0.15, 0.2) is 0 Å². The van der Waals surface area contributed by atoms with Crippen molar-refractivity contribution in [3.05, 3.63) is 178 Å². The second-order valence-corrected chi connectivity index (χ2v) is 17.0. The van der Waals surface area contributed by atoms with Crippen LogP contribution in [0.1, 0.15) is 144 Å². The maximum absolute atomic E-state index is 13.2. The fourth-order valence-electron chi connectivity index (χ4n) is 9.46. The van der Waals surface area contributed by atoms with Crippen LogP contribution in [0.5, 0.6) is 23.0 Å². The summed E-state index contributed by atoms with van der Waals surface area (Å²) in [5.74, 6) is -2.28. The Morgan fingerprint density at radius 3 is 1.03 bits per heavy atom. The van der Waals surface area contributed by atoms with Gasteiger partial charge in [-0.25, -0.2) is 19.4 Å². The molecule has 2 aliphatic heterocycles. The molecule has 0 radical (unpaired) electrons. The summed E-state index contributed by atoms with van der Waals surface area (Å²) >= 11 is 0. The van der Waals surface area contributed by atoms with E-state index in [1.807, 2.05) is 24.3 Å². The molecule has 0 aromatic heterocycles. The van der Waals surface area contributed by atoms with Gasteiger partial charge in [0, 0.05) is 5.41 Å². The van der Waals surface area contributed by atoms with Crippen LogP contribution in [0.2, 0.25) is 0 Å². The number of anilines is 2. The largest absolute Gasteiger partial charge is 0.478 e. The third-order valence-corrected chi connectivity index (χ3v) is 12.9. The van der Waals surface area contributed by atoms with Gasteiger partial charge in [-0.1, -0.05) is 82.1 Å². The number of aromatic carboxylic acids is 2. The highest BCUT2D eigenvalue weighted by Crippen LogP contribution is 2.44. The number of ether oxygens (including phenoxy) is 2. The van der Waals surface area contributed by atoms with E-state index in [1.165, 1.54) is 79.6 Å². The summed E-state index contributed by atoms with van der Waals surface area (Å²) in [6.45, 7) is 0. The van der Waals surface area contributed by atoms with Gasteiger partial charge in [0.2, 0.25) is 0 Å². The molecular formula is C54H46N2O10. The van der Waals surface area contributed by atoms with Crippen molar-refractivity contribution >= 4 is 46.9 Å². The molecule has 0 spiro atoms. The average Bonchev–Trinajstić information content (AvgIpc) is 3.73. The van der Waals surface area contributed by atoms with Crippen molar-refractivity contribution in [1.29, 1.82) is 0 Å². The molecule has 2 N–H and O–H groups in total. The number of benzene rings is 6. The number of rotatable bonds is 10. The Bertz CT molecular complexity index is 2670. The Hall–Kier alpha value is -7.86. The number of carbonyl (C=O) groups is 6. The van der Waals surface area contributed by atoms with Gasteiger partial charge in [-0.05, 0) is 133 Å². The van der Waals surface area contributed by atoms with Crippen molar-refractivity contribution in [3.8, 4) is 23.0 Å². The molecule has 4 amide bonds. The second kappa shape index (κ2) is 18.3. The SMILES string of the molecule is O=C(O)c1ccc2c(c1)C(=O)N(c1ccc(Oc3ccc(C4(c5ccc(Oc6ccc(N7C(=O)c8ccc(C(=O)O)cc8C7=O)cc6)cc5)CCCCCCCCCCC4)cc3)cc1)C2=O. The van der Waals surface area contributed by atoms with E-state index >= 15 is 0 Å². The zero-order valence-electron chi connectivity index (χ0n) is 36.0. The number of carbonyl (C=O) groups excluding carboxylic acids is 4. The molecule has 12 heteroatoms. The number of amides is 4. The Kier molecular flexibility index (Phi) is 12.0. The summed E-state index contributed by atoms with van der Waals surface area (Å²) in [4.78, 5) is 77.8. The Balaban J connectivity index is 0.914. The van der Waals surface area contributed by atoms with Gasteiger partial charge in [-0.3, -0.25) is 19.2 Å². The normalized spacial score (nSPS) is 16.2. The van der Waals surface area contributed by atoms with Crippen LogP contribution in [-0.2, 0) is 5.41 Å². The van der Waals surface area contributed by atoms with E-state index in [1.54, 1.807) is 48.5 Å². The highest BCUT2D eigenvalue weighted by molar-refractivity contribution is 6.35. The van der Waals surface area contributed by atoms with Gasteiger partial charge < -0.3 is 19.7 Å². The zero-order valence-corrected chi connectivity index (χ0v) is 36.0. The topological polar surface area (TPSA) is 168 Å². The lowest BCUT2D eigenvalue weighted by atomic mass is 9.67. The van der Waals surface area contributed by atoms with Gasteiger partial charge in [0.05, 0.1) is 44.8 Å². The Morgan fingerprint density at radius 2 is 0.697 bits per heavy atom. The highest BCUT2D eigenvalue weighted by atomic mass is 16.5. The lowest BCUT2D eigenvalue weighted by Crippen LogP contribution is -2.29. The van der Waals surface area contributed by atoms with E-state index in [0.29, 0.717) is 34.4 Å². The first-order valence-electron chi connectivity index (χ1n) is 22.3. The van der Waals surface area contributed by atoms with Gasteiger partial charge in [-0.2, -0.15) is 0 Å². The first-order valence-corrected chi connectivity index (χ1v) is 22.3. The van der Waals surface area contributed by atoms with Crippen LogP contribution < -0.4 is 19.3 Å². The molecule has 6 aromatic rings. The van der Waals surface area contributed by atoms with Crippen LogP contribution in [0.15, 0.2) is 133 Å². The molecule has 66 heavy (non-hydrogen) atoms. The summed E-state index contributed by atoms with van der Waals surface area (Å²) in [5, 5.41) is 18.8. The Labute approximate surface area is 381 Å². The predicted molar refractivity (Wildman–Crippen MR) is 247 cm³/mol. The van der Waals surface area contributed by atoms with Crippen LogP contribution in [0.4, 0.5) is 11.4 Å². The fourth-order valence-corrected chi connectivity index (χ4v) is 9.46. The van der Waals surface area contributed by atoms with Gasteiger partial charge in [0.25, 0.3) is 23.6 Å². The van der Waals surface area contributed by atoms with Gasteiger partial charge in [-0.15, -0.1) is 0 Å². The minimum atomic E-state index is -1.18. The molecule has 2 heterocycles. The molecule has 1 fully saturated rings. The molecule has 0 bridgehead atoms. The van der Waals surface area contributed by atoms with Crippen LogP contribution in [0, 0.1) is 0 Å². The van der Waals surface area contributed by atoms with E-state index in [4.69, 9.17) is 9.47 Å². The fraction of sp³-hybridized carbons (Fsp3) is 0.222. The summed E-state index contributed by atoms with van der Waals surface area (Å²) < 4.78 is 12.5. The lowest BCUT2D eigenvalue weighted by molar-refractivity contribution is 0.0686. The molecule has 1 aliphatic carbocycles. The van der Waals surface area contributed by atoms with Crippen molar-refractivity contribution in [2.45, 2.75) is 76.0 Å². The maximum Gasteiger partial charge on any atom is 0.335 e. The monoisotopic (exact) mass is 882 g/mol. The third-order valence-electron chi connectivity index (χ3n) is 12.9. The smallest absolute Gasteiger partial charge is 0.335 e. The molecule has 1 saturated carbocycles. The molecule has 0 atom stereocenters. The standard InChI is InChI=1S/C54H46N2O10/c57-48-44-28-10-34(52(61)62)32-46(44)50(59)55(48)38-16-24-42(25-17-38)65-40-20-12-36(13-21-40)54(30-8-6-4-2-1-3-5-7-9-31-54)37-14-22-41(23-15-37)66-43-26-18-39(19-27-43)56-49(58)45-29-11-35(53(63)64)33-47(45)51(56)60/h10-29,32-33H,1-9,30-31H2,(H,61,62)(H,63,64). The van der Waals surface area contributed by atoms with Crippen LogP contribution in [-0.4, -0.2) is 45.8 Å². The van der Waals surface area contributed by atoms with Crippen LogP contribution in [0.3, 0.4) is 0 Å². The molecule has 332 valence electrons. The van der Waals surface area contributed by atoms with E-state index in [0.717, 1.165) is 48.3 Å². The molecule has 6 aromatic carbocycles. The molecular weight excluding hydrogens is 837 g/mol. The number of nitrogens with zero attached hydrogens (tertiary/aromatic N) is 2. The zero-order chi connectivity index (χ0) is 46.0. The van der Waals surface area contributed by atoms with Crippen molar-refractivity contribution < 1.29 is 48.5 Å². The summed E-state index contributed by atoms with van der Waals surface area (Å²) in [7, 11) is 0. The molecule has 9 rings (SSSR count). The minimum absolute atomic E-state index is 0.0544. The predicted octanol–water partition coefficient (Wildman–Crippen LogP) is 11.9. The number of fused-ring (bicyclic) bond motifs is 2. The van der Waals surface area contributed by atoms with E-state index in [2.05, 4.69) is 24.3 Å². The third kappa shape index (κ3) is 8.45. The van der Waals surface area contributed by atoms with Crippen LogP contribution >= 0.6 is 0 Å². The number of imide groups is 2. The first-order chi connectivity index (χ1) is 32.0. The number of hydrogen-bond donors (Lipinski definition) is 2. The molecule has 0 unspecified atom stereocenters. The van der Waals surface area contributed by atoms with Crippen molar-refractivity contribution in [2.24, 2.45) is 0 Å². The molecule has 12 nitrogen and oxygen atoms in total. The molecule has 3 aliphatic rings. The van der Waals surface area contributed by atoms with Crippen molar-refractivity contribution in [2.75, 3.05) is 9.80 Å². The average molecular weight is 883 g/mol. The second-order valence-electron chi connectivity index (χ2n) is 17.0. The van der Waals surface area contributed by atoms with Gasteiger partial charge in [0.1, 0.15) is 23.0 Å². The summed E-state index contributed by atoms with van der Waals surface area (Å²) in [5.41, 5.74) is 3.09. The highest BCUT2D eigenvalue weighted by Gasteiger charge is 2.39. The van der Waals surface area contributed by atoms with E-state index < -0.39 is 35.6 Å². The number of carboxylic acids is 2. The van der Waals surface area contributed by atoms with E-state index in [-0.39, 0.29) is 38.8 Å². The summed E-state index contributed by atoms with van der Waals surface area (Å²) in [6.07, 6.45) is 12.6. The van der Waals surface area contributed by atoms with Crippen LogP contribution in [0.25, 0.3) is 0 Å². The maximum atomic E-state index is 13.2. The molecule has 0 saturated heterocycles.